The molecule has 0 aliphatic heterocycles. The van der Waals surface area contributed by atoms with Crippen molar-refractivity contribution in [2.75, 3.05) is 0 Å². The van der Waals surface area contributed by atoms with Crippen LogP contribution in [-0.2, 0) is 0 Å². The highest BCUT2D eigenvalue weighted by molar-refractivity contribution is 7.27. The quantitative estimate of drug-likeness (QED) is 0.117. The second-order valence-electron chi connectivity index (χ2n) is 29.9. The predicted molar refractivity (Wildman–Crippen MR) is 496 cm³/mol. The van der Waals surface area contributed by atoms with E-state index in [4.69, 9.17) is 48.7 Å². The maximum absolute atomic E-state index is 6.42. The van der Waals surface area contributed by atoms with E-state index in [1.807, 2.05) is 97.1 Å². The van der Waals surface area contributed by atoms with E-state index in [1.54, 1.807) is 22.7 Å². The van der Waals surface area contributed by atoms with Crippen LogP contribution in [0.3, 0.4) is 0 Å². The molecule has 0 fully saturated rings. The summed E-state index contributed by atoms with van der Waals surface area (Å²) in [5.74, 6) is 3.64. The van der Waals surface area contributed by atoms with Gasteiger partial charge in [-0.25, -0.2) is 39.9 Å². The summed E-state index contributed by atoms with van der Waals surface area (Å²) in [6.45, 7) is 0. The largest absolute Gasteiger partial charge is 0.455 e. The van der Waals surface area contributed by atoms with E-state index in [0.29, 0.717) is 34.9 Å². The molecule has 560 valence electrons. The molecule has 0 bridgehead atoms. The monoisotopic (exact) mass is 1570 g/mol. The van der Waals surface area contributed by atoms with E-state index in [2.05, 4.69) is 291 Å². The van der Waals surface area contributed by atoms with Gasteiger partial charge in [0.1, 0.15) is 22.3 Å². The van der Waals surface area contributed by atoms with Crippen molar-refractivity contribution >= 4 is 129 Å². The van der Waals surface area contributed by atoms with Crippen molar-refractivity contribution in [1.82, 2.24) is 39.9 Å². The average Bonchev–Trinajstić information content (AvgIpc) is 1.38. The van der Waals surface area contributed by atoms with E-state index in [-0.39, 0.29) is 0 Å². The molecule has 0 radical (unpaired) electrons. The number of para-hydroxylation sites is 4. The molecule has 0 aliphatic carbocycles. The van der Waals surface area contributed by atoms with Gasteiger partial charge in [-0.05, 0) is 75.8 Å². The van der Waals surface area contributed by atoms with E-state index in [1.165, 1.54) is 51.5 Å². The van der Waals surface area contributed by atoms with E-state index in [0.717, 1.165) is 155 Å². The van der Waals surface area contributed by atoms with Crippen LogP contribution in [0, 0.1) is 0 Å². The predicted octanol–water partition coefficient (Wildman–Crippen LogP) is 29.4. The molecule has 0 unspecified atom stereocenters. The van der Waals surface area contributed by atoms with Crippen molar-refractivity contribution in [2.45, 2.75) is 0 Å². The van der Waals surface area contributed by atoms with Gasteiger partial charge < -0.3 is 8.83 Å². The van der Waals surface area contributed by atoms with Crippen LogP contribution in [0.5, 0.6) is 0 Å². The highest BCUT2D eigenvalue weighted by Gasteiger charge is 2.24. The highest BCUT2D eigenvalue weighted by atomic mass is 32.1. The molecule has 0 saturated heterocycles. The maximum Gasteiger partial charge on any atom is 0.164 e. The molecule has 0 N–H and O–H groups in total. The lowest BCUT2D eigenvalue weighted by molar-refractivity contribution is 0.669. The van der Waals surface area contributed by atoms with Crippen LogP contribution in [-0.4, -0.2) is 39.9 Å². The number of pyridine rings is 2. The standard InChI is InChI=1S/2C54H32N4OS/c1-3-13-33(14-4-1)37-29-30-43-45(32-37)55-49(51-48(43)44-20-8-10-24-47(44)60-51)34-25-27-36(28-26-34)53-56-52(35-15-5-2-6-16-35)57-54(58-53)39-18-11-17-38(31-39)40-21-12-22-42-41-19-7-9-23-46(41)59-50(40)42;1-3-12-33(13-4-1)39-30-31-43-45(32-39)55-49(51-48(43)44-17-8-10-21-47(44)60-51)35-24-28-38(29-25-35)54-57-52(36-14-5-2-6-15-36)56-53(58-54)37-26-22-34(23-27-37)40-18-11-19-42-41-16-7-9-20-46(41)59-50(40)42/h2*1-32H. The van der Waals surface area contributed by atoms with E-state index >= 15 is 0 Å². The van der Waals surface area contributed by atoms with Crippen LogP contribution >= 0.6 is 22.7 Å². The summed E-state index contributed by atoms with van der Waals surface area (Å²) >= 11 is 3.60. The van der Waals surface area contributed by atoms with Gasteiger partial charge in [0, 0.05) is 119 Å². The molecule has 8 aromatic heterocycles. The van der Waals surface area contributed by atoms with E-state index in [9.17, 15) is 0 Å². The van der Waals surface area contributed by atoms with E-state index < -0.39 is 0 Å². The Morgan fingerprint density at radius 3 is 0.908 bits per heavy atom. The Balaban J connectivity index is 0.000000140. The Labute approximate surface area is 696 Å². The van der Waals surface area contributed by atoms with Crippen molar-refractivity contribution in [1.29, 1.82) is 0 Å². The topological polar surface area (TPSA) is 129 Å². The molecule has 24 rings (SSSR count). The number of hydrogen-bond acceptors (Lipinski definition) is 12. The number of thiophene rings is 2. The first-order valence-corrected chi connectivity index (χ1v) is 41.5. The van der Waals surface area contributed by atoms with Gasteiger partial charge in [-0.2, -0.15) is 0 Å². The molecule has 12 heteroatoms. The summed E-state index contributed by atoms with van der Waals surface area (Å²) in [4.78, 5) is 41.1. The minimum atomic E-state index is 0.596. The molecule has 10 nitrogen and oxygen atoms in total. The van der Waals surface area contributed by atoms with Crippen molar-refractivity contribution in [3.05, 3.63) is 388 Å². The van der Waals surface area contributed by atoms with Gasteiger partial charge in [0.2, 0.25) is 0 Å². The number of rotatable bonds is 12. The summed E-state index contributed by atoms with van der Waals surface area (Å²) in [6.07, 6.45) is 0. The lowest BCUT2D eigenvalue weighted by Gasteiger charge is -2.11. The van der Waals surface area contributed by atoms with Crippen LogP contribution < -0.4 is 0 Å². The van der Waals surface area contributed by atoms with Crippen molar-refractivity contribution in [2.24, 2.45) is 0 Å². The summed E-state index contributed by atoms with van der Waals surface area (Å²) in [7, 11) is 0. The van der Waals surface area contributed by atoms with Crippen LogP contribution in [0.15, 0.2) is 397 Å². The van der Waals surface area contributed by atoms with Crippen LogP contribution in [0.4, 0.5) is 0 Å². The van der Waals surface area contributed by atoms with Gasteiger partial charge in [0.15, 0.2) is 34.9 Å². The third kappa shape index (κ3) is 12.5. The van der Waals surface area contributed by atoms with Crippen LogP contribution in [0.2, 0.25) is 0 Å². The molecule has 24 aromatic rings. The Bertz CT molecular complexity index is 8130. The zero-order valence-corrected chi connectivity index (χ0v) is 65.8. The van der Waals surface area contributed by atoms with Gasteiger partial charge in [0.25, 0.3) is 0 Å². The van der Waals surface area contributed by atoms with Crippen molar-refractivity contribution in [3.63, 3.8) is 0 Å². The Kier molecular flexibility index (Phi) is 17.1. The fraction of sp³-hybridized carbons (Fsp3) is 0. The van der Waals surface area contributed by atoms with Gasteiger partial charge in [-0.3, -0.25) is 0 Å². The normalized spacial score (nSPS) is 11.7. The average molecular weight is 1570 g/mol. The van der Waals surface area contributed by atoms with Gasteiger partial charge in [-0.15, -0.1) is 22.7 Å². The lowest BCUT2D eigenvalue weighted by Crippen LogP contribution is -2.00. The Hall–Kier alpha value is -15.6. The van der Waals surface area contributed by atoms with Crippen LogP contribution in [0.1, 0.15) is 0 Å². The molecular weight excluding hydrogens is 1510 g/mol. The Morgan fingerprint density at radius 1 is 0.183 bits per heavy atom. The molecule has 120 heavy (non-hydrogen) atoms. The third-order valence-electron chi connectivity index (χ3n) is 22.7. The molecule has 0 aliphatic rings. The minimum Gasteiger partial charge on any atom is -0.455 e. The molecule has 0 amide bonds. The Morgan fingerprint density at radius 2 is 0.483 bits per heavy atom. The first kappa shape index (κ1) is 69.9. The lowest BCUT2D eigenvalue weighted by atomic mass is 9.99. The third-order valence-corrected chi connectivity index (χ3v) is 25.1. The molecular formula is C108H64N8O2S2. The highest BCUT2D eigenvalue weighted by Crippen LogP contribution is 2.48. The van der Waals surface area contributed by atoms with Crippen molar-refractivity contribution < 1.29 is 8.83 Å². The smallest absolute Gasteiger partial charge is 0.164 e. The van der Waals surface area contributed by atoms with Gasteiger partial charge in [-0.1, -0.05) is 346 Å². The number of hydrogen-bond donors (Lipinski definition) is 0. The zero-order valence-electron chi connectivity index (χ0n) is 64.2. The number of fused-ring (bicyclic) bond motifs is 16. The number of furan rings is 2. The van der Waals surface area contributed by atoms with Gasteiger partial charge >= 0.3 is 0 Å². The first-order valence-electron chi connectivity index (χ1n) is 39.9. The second kappa shape index (κ2) is 29.3. The molecule has 0 spiro atoms. The van der Waals surface area contributed by atoms with Gasteiger partial charge in [0.05, 0.1) is 31.8 Å². The summed E-state index contributed by atoms with van der Waals surface area (Å²) in [6, 6.07) is 135. The fourth-order valence-corrected chi connectivity index (χ4v) is 19.3. The summed E-state index contributed by atoms with van der Waals surface area (Å²) in [5, 5.41) is 11.7. The number of benzene rings is 16. The summed E-state index contributed by atoms with van der Waals surface area (Å²) < 4.78 is 17.6. The number of aromatic nitrogens is 8. The molecule has 16 aromatic carbocycles. The SMILES string of the molecule is c1ccc(-c2ccc3c(c2)nc(-c2ccc(-c4nc(-c5ccccc5)nc(-c5ccc(-c6cccc7c6oc6ccccc67)cc5)n4)cc2)c2sc4ccccc4c23)cc1.c1ccc(-c2ccc3c(c2)nc(-c2ccc(-c4nc(-c5ccccc5)nc(-c5cccc(-c6cccc7c6oc6ccccc67)c5)n4)cc2)c2sc4ccccc4c23)cc1. The first-order chi connectivity index (χ1) is 59.4. The molecule has 0 atom stereocenters. The van der Waals surface area contributed by atoms with Crippen molar-refractivity contribution in [3.8, 4) is 135 Å². The second-order valence-corrected chi connectivity index (χ2v) is 32.0. The summed E-state index contributed by atoms with van der Waals surface area (Å²) in [5.41, 5.74) is 23.7. The number of nitrogens with zero attached hydrogens (tertiary/aromatic N) is 8. The zero-order chi connectivity index (χ0) is 79.1. The minimum absolute atomic E-state index is 0.596. The molecule has 8 heterocycles. The fourth-order valence-electron chi connectivity index (χ4n) is 16.8. The van der Waals surface area contributed by atoms with Crippen LogP contribution in [0.25, 0.3) is 241 Å². The maximum atomic E-state index is 6.42. The molecule has 0 saturated carbocycles.